The summed E-state index contributed by atoms with van der Waals surface area (Å²) < 4.78 is 14.6. The van der Waals surface area contributed by atoms with E-state index in [9.17, 15) is 9.50 Å². The van der Waals surface area contributed by atoms with Gasteiger partial charge in [0.25, 0.3) is 0 Å². The summed E-state index contributed by atoms with van der Waals surface area (Å²) in [6.07, 6.45) is 6.79. The summed E-state index contributed by atoms with van der Waals surface area (Å²) in [6.45, 7) is 0. The van der Waals surface area contributed by atoms with Gasteiger partial charge in [0.1, 0.15) is 16.6 Å². The molecule has 4 heteroatoms. The van der Waals surface area contributed by atoms with E-state index >= 15 is 0 Å². The van der Waals surface area contributed by atoms with Crippen molar-refractivity contribution < 1.29 is 9.50 Å². The number of aromatic hydroxyl groups is 1. The van der Waals surface area contributed by atoms with E-state index in [0.717, 1.165) is 10.3 Å². The van der Waals surface area contributed by atoms with E-state index in [-0.39, 0.29) is 10.8 Å². The monoisotopic (exact) mass is 382 g/mol. The van der Waals surface area contributed by atoms with E-state index in [2.05, 4.69) is 22.6 Å². The van der Waals surface area contributed by atoms with E-state index in [1.807, 2.05) is 0 Å². The van der Waals surface area contributed by atoms with Crippen molar-refractivity contribution in [2.75, 3.05) is 0 Å². The summed E-state index contributed by atoms with van der Waals surface area (Å²) in [5.74, 6) is 0.0746. The topological polar surface area (TPSA) is 20.2 Å². The number of alkyl halides is 1. The molecule has 0 heterocycles. The van der Waals surface area contributed by atoms with Gasteiger partial charge in [0, 0.05) is 3.92 Å². The molecule has 0 unspecified atom stereocenters. The molecule has 0 aromatic heterocycles. The average Bonchev–Trinajstić information content (AvgIpc) is 2.37. The van der Waals surface area contributed by atoms with Crippen molar-refractivity contribution in [1.29, 1.82) is 0 Å². The van der Waals surface area contributed by atoms with Gasteiger partial charge in [0.05, 0.1) is 0 Å². The number of aryl methyl sites for hydroxylation is 1. The third kappa shape index (κ3) is 3.50. The summed E-state index contributed by atoms with van der Waals surface area (Å²) >= 11 is 8.21. The van der Waals surface area contributed by atoms with Crippen LogP contribution in [0.15, 0.2) is 12.1 Å². The maximum atomic E-state index is 13.8. The molecular formula is C14H17ClFIO. The molecule has 0 spiro atoms. The maximum Gasteiger partial charge on any atom is 0.148 e. The van der Waals surface area contributed by atoms with Gasteiger partial charge in [-0.25, -0.2) is 4.39 Å². The molecule has 100 valence electrons. The number of hydrogen-bond acceptors (Lipinski definition) is 1. The minimum atomic E-state index is -0.459. The maximum absolute atomic E-state index is 13.8. The second-order valence-electron chi connectivity index (χ2n) is 5.03. The van der Waals surface area contributed by atoms with Crippen LogP contribution in [-0.2, 0) is 6.42 Å². The van der Waals surface area contributed by atoms with Gasteiger partial charge >= 0.3 is 0 Å². The fraction of sp³-hybridized carbons (Fsp3) is 0.571. The van der Waals surface area contributed by atoms with E-state index in [0.29, 0.717) is 17.9 Å². The van der Waals surface area contributed by atoms with E-state index in [1.165, 1.54) is 31.7 Å². The quantitative estimate of drug-likeness (QED) is 0.569. The second kappa shape index (κ2) is 6.42. The van der Waals surface area contributed by atoms with Crippen LogP contribution in [0.3, 0.4) is 0 Å². The molecule has 1 nitrogen and oxygen atoms in total. The van der Waals surface area contributed by atoms with Crippen molar-refractivity contribution in [3.63, 3.8) is 0 Å². The normalized spacial score (nSPS) is 24.2. The Kier molecular flexibility index (Phi) is 5.13. The van der Waals surface area contributed by atoms with Gasteiger partial charge in [-0.2, -0.15) is 0 Å². The number of phenolic OH excluding ortho intramolecular Hbond substituents is 1. The van der Waals surface area contributed by atoms with Crippen molar-refractivity contribution in [3.05, 3.63) is 28.5 Å². The molecule has 1 aliphatic carbocycles. The van der Waals surface area contributed by atoms with Crippen molar-refractivity contribution in [3.8, 4) is 5.75 Å². The number of phenols is 1. The Labute approximate surface area is 126 Å². The second-order valence-corrected chi connectivity index (χ2v) is 7.17. The molecule has 0 atom stereocenters. The summed E-state index contributed by atoms with van der Waals surface area (Å²) in [5, 5.41) is 9.15. The minimum Gasteiger partial charge on any atom is -0.506 e. The molecule has 0 aliphatic heterocycles. The number of hydrogen-bond donors (Lipinski definition) is 1. The van der Waals surface area contributed by atoms with Crippen LogP contribution in [0.25, 0.3) is 0 Å². The summed E-state index contributed by atoms with van der Waals surface area (Å²) in [4.78, 5) is 0. The average molecular weight is 383 g/mol. The molecular weight excluding hydrogens is 366 g/mol. The molecule has 1 fully saturated rings. The highest BCUT2D eigenvalue weighted by atomic mass is 127. The summed E-state index contributed by atoms with van der Waals surface area (Å²) in [5.41, 5.74) is 0.620. The van der Waals surface area contributed by atoms with Crippen molar-refractivity contribution >= 4 is 34.2 Å². The third-order valence-electron chi connectivity index (χ3n) is 3.74. The number of benzene rings is 1. The highest BCUT2D eigenvalue weighted by Gasteiger charge is 2.20. The lowest BCUT2D eigenvalue weighted by atomic mass is 9.85. The van der Waals surface area contributed by atoms with Gasteiger partial charge in [0.15, 0.2) is 0 Å². The van der Waals surface area contributed by atoms with Crippen LogP contribution in [0.5, 0.6) is 5.75 Å². The van der Waals surface area contributed by atoms with E-state index < -0.39 is 5.82 Å². The molecule has 1 aromatic carbocycles. The van der Waals surface area contributed by atoms with E-state index in [1.54, 1.807) is 6.07 Å². The number of rotatable bonds is 3. The van der Waals surface area contributed by atoms with Crippen molar-refractivity contribution in [1.82, 2.24) is 0 Å². The van der Waals surface area contributed by atoms with Gasteiger partial charge in [-0.1, -0.05) is 40.3 Å². The van der Waals surface area contributed by atoms with Crippen LogP contribution < -0.4 is 0 Å². The Morgan fingerprint density at radius 2 is 1.94 bits per heavy atom. The molecule has 1 aliphatic rings. The minimum absolute atomic E-state index is 0.150. The Hall–Kier alpha value is -0.0300. The standard InChI is InChI=1S/C14H17ClFIO/c15-13-12(18)8-5-10(14(13)16)4-1-9-2-6-11(17)7-3-9/h5,8-9,11,18H,1-4,6-7H2. The van der Waals surface area contributed by atoms with Crippen LogP contribution in [0.1, 0.15) is 37.7 Å². The lowest BCUT2D eigenvalue weighted by Crippen LogP contribution is -2.14. The van der Waals surface area contributed by atoms with Crippen LogP contribution in [0, 0.1) is 11.7 Å². The SMILES string of the molecule is Oc1ccc(CCC2CCC(I)CC2)c(F)c1Cl. The smallest absolute Gasteiger partial charge is 0.148 e. The highest BCUT2D eigenvalue weighted by molar-refractivity contribution is 14.1. The van der Waals surface area contributed by atoms with E-state index in [4.69, 9.17) is 11.6 Å². The lowest BCUT2D eigenvalue weighted by molar-refractivity contribution is 0.349. The fourth-order valence-corrected chi connectivity index (χ4v) is 3.45. The molecule has 0 radical (unpaired) electrons. The summed E-state index contributed by atoms with van der Waals surface area (Å²) in [6, 6.07) is 3.11. The van der Waals surface area contributed by atoms with Crippen LogP contribution in [0.4, 0.5) is 4.39 Å². The van der Waals surface area contributed by atoms with Gasteiger partial charge in [-0.05, 0) is 56.1 Å². The molecule has 1 saturated carbocycles. The first kappa shape index (κ1) is 14.4. The fourth-order valence-electron chi connectivity index (χ4n) is 2.54. The van der Waals surface area contributed by atoms with Crippen LogP contribution in [0.2, 0.25) is 5.02 Å². The highest BCUT2D eigenvalue weighted by Crippen LogP contribution is 2.33. The molecule has 0 saturated heterocycles. The van der Waals surface area contributed by atoms with Gasteiger partial charge in [0.2, 0.25) is 0 Å². The number of halogens is 3. The first-order valence-electron chi connectivity index (χ1n) is 6.38. The Bertz CT molecular complexity index is 417. The van der Waals surface area contributed by atoms with Crippen LogP contribution >= 0.6 is 34.2 Å². The molecule has 0 bridgehead atoms. The third-order valence-corrected chi connectivity index (χ3v) is 5.35. The first-order valence-corrected chi connectivity index (χ1v) is 8.00. The largest absolute Gasteiger partial charge is 0.506 e. The molecule has 18 heavy (non-hydrogen) atoms. The van der Waals surface area contributed by atoms with Crippen molar-refractivity contribution in [2.45, 2.75) is 42.4 Å². The Morgan fingerprint density at radius 1 is 1.28 bits per heavy atom. The molecule has 2 rings (SSSR count). The Balaban J connectivity index is 1.92. The van der Waals surface area contributed by atoms with Crippen LogP contribution in [-0.4, -0.2) is 9.03 Å². The zero-order valence-corrected chi connectivity index (χ0v) is 13.0. The molecule has 1 aromatic rings. The first-order chi connectivity index (χ1) is 8.58. The van der Waals surface area contributed by atoms with Gasteiger partial charge in [-0.15, -0.1) is 0 Å². The molecule has 1 N–H and O–H groups in total. The Morgan fingerprint density at radius 3 is 2.61 bits per heavy atom. The van der Waals surface area contributed by atoms with Gasteiger partial charge in [-0.3, -0.25) is 0 Å². The lowest BCUT2D eigenvalue weighted by Gasteiger charge is -2.25. The van der Waals surface area contributed by atoms with Gasteiger partial charge < -0.3 is 5.11 Å². The predicted octanol–water partition coefficient (Wildman–Crippen LogP) is 5.11. The van der Waals surface area contributed by atoms with Crippen molar-refractivity contribution in [2.24, 2.45) is 5.92 Å². The zero-order valence-electron chi connectivity index (χ0n) is 10.1. The molecule has 0 amide bonds. The summed E-state index contributed by atoms with van der Waals surface area (Å²) in [7, 11) is 0. The predicted molar refractivity (Wildman–Crippen MR) is 81.2 cm³/mol. The zero-order chi connectivity index (χ0) is 13.1.